The van der Waals surface area contributed by atoms with E-state index in [9.17, 15) is 0 Å². The van der Waals surface area contributed by atoms with Crippen LogP contribution in [0, 0.1) is 0 Å². The lowest BCUT2D eigenvalue weighted by Crippen LogP contribution is -2.06. The van der Waals surface area contributed by atoms with Gasteiger partial charge in [0.25, 0.3) is 0 Å². The summed E-state index contributed by atoms with van der Waals surface area (Å²) in [5.74, 6) is 2.74. The number of rotatable bonds is 3. The molecule has 1 saturated carbocycles. The number of anilines is 1. The van der Waals surface area contributed by atoms with Crippen molar-refractivity contribution in [2.24, 2.45) is 0 Å². The average Bonchev–Trinajstić information content (AvgIpc) is 3.24. The van der Waals surface area contributed by atoms with Gasteiger partial charge in [0.15, 0.2) is 0 Å². The number of hydrogen-bond donors (Lipinski definition) is 1. The van der Waals surface area contributed by atoms with E-state index in [1.807, 2.05) is 12.1 Å². The molecule has 0 saturated heterocycles. The van der Waals surface area contributed by atoms with Gasteiger partial charge in [0.1, 0.15) is 11.6 Å². The van der Waals surface area contributed by atoms with E-state index in [0.717, 1.165) is 24.4 Å². The molecule has 0 spiro atoms. The van der Waals surface area contributed by atoms with E-state index >= 15 is 0 Å². The number of aromatic nitrogens is 2. The highest BCUT2D eigenvalue weighted by molar-refractivity contribution is 5.58. The molecule has 0 amide bonds. The SMILES string of the molecule is COc1ccc(-n2nc(C3CCCC3)c3c2NCC3)cc1. The number of nitrogens with one attached hydrogen (secondary N) is 1. The molecule has 4 nitrogen and oxygen atoms in total. The predicted molar refractivity (Wildman–Crippen MR) is 83.5 cm³/mol. The molecule has 110 valence electrons. The molecule has 1 aromatic heterocycles. The fourth-order valence-electron chi connectivity index (χ4n) is 3.64. The molecule has 21 heavy (non-hydrogen) atoms. The maximum atomic E-state index is 5.24. The first-order chi connectivity index (χ1) is 10.4. The summed E-state index contributed by atoms with van der Waals surface area (Å²) in [6.45, 7) is 1.03. The molecule has 2 aromatic rings. The third-order valence-corrected chi connectivity index (χ3v) is 4.74. The van der Waals surface area contributed by atoms with Gasteiger partial charge in [-0.05, 0) is 43.5 Å². The number of fused-ring (bicyclic) bond motifs is 1. The van der Waals surface area contributed by atoms with Gasteiger partial charge in [-0.3, -0.25) is 0 Å². The molecule has 4 rings (SSSR count). The number of methoxy groups -OCH3 is 1. The Kier molecular flexibility index (Phi) is 3.09. The number of hydrogen-bond acceptors (Lipinski definition) is 3. The molecule has 0 radical (unpaired) electrons. The van der Waals surface area contributed by atoms with Crippen molar-refractivity contribution in [1.29, 1.82) is 0 Å². The number of benzene rings is 1. The van der Waals surface area contributed by atoms with E-state index < -0.39 is 0 Å². The highest BCUT2D eigenvalue weighted by Gasteiger charge is 2.29. The smallest absolute Gasteiger partial charge is 0.133 e. The molecule has 4 heteroatoms. The Morgan fingerprint density at radius 3 is 2.67 bits per heavy atom. The summed E-state index contributed by atoms with van der Waals surface area (Å²) in [5, 5.41) is 8.46. The summed E-state index contributed by atoms with van der Waals surface area (Å²) in [6, 6.07) is 8.14. The predicted octanol–water partition coefficient (Wildman–Crippen LogP) is 3.51. The second-order valence-corrected chi connectivity index (χ2v) is 5.98. The first kappa shape index (κ1) is 12.7. The van der Waals surface area contributed by atoms with E-state index in [-0.39, 0.29) is 0 Å². The molecule has 0 atom stereocenters. The number of nitrogens with zero attached hydrogens (tertiary/aromatic N) is 2. The minimum absolute atomic E-state index is 0.665. The summed E-state index contributed by atoms with van der Waals surface area (Å²) < 4.78 is 7.32. The van der Waals surface area contributed by atoms with Crippen LogP contribution < -0.4 is 10.1 Å². The molecule has 0 bridgehead atoms. The van der Waals surface area contributed by atoms with Gasteiger partial charge in [0.2, 0.25) is 0 Å². The Morgan fingerprint density at radius 1 is 1.19 bits per heavy atom. The molecule has 1 aliphatic carbocycles. The monoisotopic (exact) mass is 283 g/mol. The standard InChI is InChI=1S/C17H21N3O/c1-21-14-8-6-13(7-9-14)20-17-15(10-11-18-17)16(19-20)12-4-2-3-5-12/h6-9,12,18H,2-5,10-11H2,1H3. The zero-order valence-corrected chi connectivity index (χ0v) is 12.4. The van der Waals surface area contributed by atoms with Gasteiger partial charge in [-0.25, -0.2) is 4.68 Å². The summed E-state index contributed by atoms with van der Waals surface area (Å²) in [5.41, 5.74) is 3.88. The first-order valence-corrected chi connectivity index (χ1v) is 7.87. The molecule has 1 aliphatic heterocycles. The van der Waals surface area contributed by atoms with Crippen molar-refractivity contribution in [2.75, 3.05) is 19.0 Å². The summed E-state index contributed by atoms with van der Waals surface area (Å²) in [4.78, 5) is 0. The van der Waals surface area contributed by atoms with Gasteiger partial charge in [-0.2, -0.15) is 5.10 Å². The van der Waals surface area contributed by atoms with Crippen LogP contribution in [-0.4, -0.2) is 23.4 Å². The molecular weight excluding hydrogens is 262 g/mol. The van der Waals surface area contributed by atoms with E-state index in [0.29, 0.717) is 5.92 Å². The Hall–Kier alpha value is -1.97. The zero-order chi connectivity index (χ0) is 14.2. The van der Waals surface area contributed by atoms with Gasteiger partial charge in [-0.1, -0.05) is 12.8 Å². The molecule has 2 heterocycles. The van der Waals surface area contributed by atoms with E-state index in [1.165, 1.54) is 42.8 Å². The lowest BCUT2D eigenvalue weighted by atomic mass is 9.99. The third kappa shape index (κ3) is 2.09. The Bertz CT molecular complexity index is 639. The molecule has 1 aromatic carbocycles. The lowest BCUT2D eigenvalue weighted by Gasteiger charge is -2.08. The van der Waals surface area contributed by atoms with Crippen LogP contribution in [0.25, 0.3) is 5.69 Å². The van der Waals surface area contributed by atoms with Crippen molar-refractivity contribution < 1.29 is 4.74 Å². The van der Waals surface area contributed by atoms with Crippen molar-refractivity contribution >= 4 is 5.82 Å². The van der Waals surface area contributed by atoms with Gasteiger partial charge in [0.05, 0.1) is 18.5 Å². The molecular formula is C17H21N3O. The van der Waals surface area contributed by atoms with E-state index in [2.05, 4.69) is 22.1 Å². The van der Waals surface area contributed by atoms with Crippen molar-refractivity contribution in [3.8, 4) is 11.4 Å². The molecule has 1 N–H and O–H groups in total. The Morgan fingerprint density at radius 2 is 1.95 bits per heavy atom. The fourth-order valence-corrected chi connectivity index (χ4v) is 3.64. The zero-order valence-electron chi connectivity index (χ0n) is 12.4. The highest BCUT2D eigenvalue weighted by atomic mass is 16.5. The highest BCUT2D eigenvalue weighted by Crippen LogP contribution is 2.39. The number of ether oxygens (including phenoxy) is 1. The van der Waals surface area contributed by atoms with Crippen LogP contribution in [0.2, 0.25) is 0 Å². The molecule has 1 fully saturated rings. The van der Waals surface area contributed by atoms with Gasteiger partial charge < -0.3 is 10.1 Å². The van der Waals surface area contributed by atoms with E-state index in [1.54, 1.807) is 7.11 Å². The minimum atomic E-state index is 0.665. The van der Waals surface area contributed by atoms with Gasteiger partial charge >= 0.3 is 0 Å². The van der Waals surface area contributed by atoms with Crippen LogP contribution in [0.3, 0.4) is 0 Å². The van der Waals surface area contributed by atoms with Crippen LogP contribution in [0.4, 0.5) is 5.82 Å². The summed E-state index contributed by atoms with van der Waals surface area (Å²) in [6.07, 6.45) is 6.40. The summed E-state index contributed by atoms with van der Waals surface area (Å²) in [7, 11) is 1.69. The Labute approximate surface area is 125 Å². The molecule has 2 aliphatic rings. The van der Waals surface area contributed by atoms with E-state index in [4.69, 9.17) is 9.84 Å². The second kappa shape index (κ2) is 5.10. The van der Waals surface area contributed by atoms with Crippen molar-refractivity contribution in [2.45, 2.75) is 38.0 Å². The quantitative estimate of drug-likeness (QED) is 0.937. The second-order valence-electron chi connectivity index (χ2n) is 5.98. The van der Waals surface area contributed by atoms with Crippen LogP contribution >= 0.6 is 0 Å². The topological polar surface area (TPSA) is 39.1 Å². The Balaban J connectivity index is 1.76. The van der Waals surface area contributed by atoms with Crippen molar-refractivity contribution in [1.82, 2.24) is 9.78 Å². The van der Waals surface area contributed by atoms with Crippen LogP contribution in [0.15, 0.2) is 24.3 Å². The van der Waals surface area contributed by atoms with Crippen LogP contribution in [-0.2, 0) is 6.42 Å². The van der Waals surface area contributed by atoms with Gasteiger partial charge in [-0.15, -0.1) is 0 Å². The van der Waals surface area contributed by atoms with Crippen LogP contribution in [0.1, 0.15) is 42.9 Å². The van der Waals surface area contributed by atoms with Gasteiger partial charge in [0, 0.05) is 18.0 Å². The fraction of sp³-hybridized carbons (Fsp3) is 0.471. The first-order valence-electron chi connectivity index (χ1n) is 7.87. The summed E-state index contributed by atoms with van der Waals surface area (Å²) >= 11 is 0. The molecule has 0 unspecified atom stereocenters. The van der Waals surface area contributed by atoms with Crippen molar-refractivity contribution in [3.05, 3.63) is 35.5 Å². The maximum Gasteiger partial charge on any atom is 0.133 e. The normalized spacial score (nSPS) is 17.8. The van der Waals surface area contributed by atoms with Crippen LogP contribution in [0.5, 0.6) is 5.75 Å². The largest absolute Gasteiger partial charge is 0.497 e. The maximum absolute atomic E-state index is 5.24. The van der Waals surface area contributed by atoms with Crippen molar-refractivity contribution in [3.63, 3.8) is 0 Å². The minimum Gasteiger partial charge on any atom is -0.497 e. The lowest BCUT2D eigenvalue weighted by molar-refractivity contribution is 0.414. The average molecular weight is 283 g/mol. The third-order valence-electron chi connectivity index (χ3n) is 4.74.